The molecule has 1 saturated heterocycles. The van der Waals surface area contributed by atoms with Gasteiger partial charge in [0.15, 0.2) is 0 Å². The van der Waals surface area contributed by atoms with Gasteiger partial charge in [-0.3, -0.25) is 4.90 Å². The fourth-order valence-electron chi connectivity index (χ4n) is 2.30. The van der Waals surface area contributed by atoms with Gasteiger partial charge in [0.2, 0.25) is 0 Å². The molecule has 1 fully saturated rings. The van der Waals surface area contributed by atoms with Crippen LogP contribution in [0, 0.1) is 0 Å². The largest absolute Gasteiger partial charge is 0.492 e. The van der Waals surface area contributed by atoms with Gasteiger partial charge in [0.05, 0.1) is 0 Å². The van der Waals surface area contributed by atoms with Gasteiger partial charge in [0, 0.05) is 23.2 Å². The van der Waals surface area contributed by atoms with Crippen LogP contribution in [0.1, 0.15) is 31.4 Å². The Morgan fingerprint density at radius 3 is 2.78 bits per heavy atom. The van der Waals surface area contributed by atoms with Crippen molar-refractivity contribution in [3.8, 4) is 5.75 Å². The Bertz CT molecular complexity index is 389. The lowest BCUT2D eigenvalue weighted by Crippen LogP contribution is -2.25. The van der Waals surface area contributed by atoms with Gasteiger partial charge in [-0.2, -0.15) is 0 Å². The molecule has 2 rings (SSSR count). The molecular formula is C14H21ClN2O. The van der Waals surface area contributed by atoms with Crippen molar-refractivity contribution in [1.82, 2.24) is 4.90 Å². The number of ether oxygens (including phenoxy) is 1. The monoisotopic (exact) mass is 268 g/mol. The zero-order valence-corrected chi connectivity index (χ0v) is 11.6. The minimum Gasteiger partial charge on any atom is -0.492 e. The second-order valence-electron chi connectivity index (χ2n) is 4.87. The van der Waals surface area contributed by atoms with Crippen LogP contribution in [0.5, 0.6) is 5.75 Å². The first-order valence-electron chi connectivity index (χ1n) is 6.57. The van der Waals surface area contributed by atoms with E-state index in [1.54, 1.807) is 0 Å². The third-order valence-corrected chi connectivity index (χ3v) is 3.56. The number of benzene rings is 1. The lowest BCUT2D eigenvalue weighted by molar-refractivity contribution is 0.236. The van der Waals surface area contributed by atoms with Gasteiger partial charge in [-0.25, -0.2) is 0 Å². The molecule has 1 aliphatic heterocycles. The molecule has 3 nitrogen and oxygen atoms in total. The van der Waals surface area contributed by atoms with E-state index in [0.29, 0.717) is 11.6 Å². The van der Waals surface area contributed by atoms with Gasteiger partial charge in [0.1, 0.15) is 12.4 Å². The normalized spacial score (nSPS) is 17.9. The highest BCUT2D eigenvalue weighted by molar-refractivity contribution is 6.30. The third-order valence-electron chi connectivity index (χ3n) is 3.33. The van der Waals surface area contributed by atoms with Crippen LogP contribution in [0.25, 0.3) is 0 Å². The number of likely N-dealkylation sites (tertiary alicyclic amines) is 1. The minimum absolute atomic E-state index is 0.0644. The highest BCUT2D eigenvalue weighted by Crippen LogP contribution is 2.27. The SMILES string of the molecule is C[C@@H](N)c1cc(Cl)ccc1OCCN1CCCC1. The highest BCUT2D eigenvalue weighted by Gasteiger charge is 2.12. The molecule has 18 heavy (non-hydrogen) atoms. The van der Waals surface area contributed by atoms with Crippen molar-refractivity contribution in [1.29, 1.82) is 0 Å². The first kappa shape index (κ1) is 13.7. The number of halogens is 1. The zero-order valence-electron chi connectivity index (χ0n) is 10.9. The zero-order chi connectivity index (χ0) is 13.0. The van der Waals surface area contributed by atoms with E-state index in [-0.39, 0.29) is 6.04 Å². The maximum Gasteiger partial charge on any atom is 0.124 e. The van der Waals surface area contributed by atoms with Gasteiger partial charge in [0.25, 0.3) is 0 Å². The summed E-state index contributed by atoms with van der Waals surface area (Å²) >= 11 is 5.98. The molecule has 0 aliphatic carbocycles. The van der Waals surface area contributed by atoms with E-state index in [0.717, 1.165) is 17.9 Å². The quantitative estimate of drug-likeness (QED) is 0.892. The summed E-state index contributed by atoms with van der Waals surface area (Å²) < 4.78 is 5.84. The van der Waals surface area contributed by atoms with Crippen molar-refractivity contribution in [2.75, 3.05) is 26.2 Å². The number of nitrogens with zero attached hydrogens (tertiary/aromatic N) is 1. The lowest BCUT2D eigenvalue weighted by atomic mass is 10.1. The summed E-state index contributed by atoms with van der Waals surface area (Å²) in [5.41, 5.74) is 6.90. The minimum atomic E-state index is -0.0644. The molecular weight excluding hydrogens is 248 g/mol. The molecule has 100 valence electrons. The molecule has 4 heteroatoms. The first-order valence-corrected chi connectivity index (χ1v) is 6.95. The summed E-state index contributed by atoms with van der Waals surface area (Å²) in [5, 5.41) is 0.703. The maximum absolute atomic E-state index is 5.98. The molecule has 1 aliphatic rings. The van der Waals surface area contributed by atoms with Gasteiger partial charge in [-0.05, 0) is 51.1 Å². The highest BCUT2D eigenvalue weighted by atomic mass is 35.5. The number of hydrogen-bond acceptors (Lipinski definition) is 3. The average Bonchev–Trinajstić information content (AvgIpc) is 2.84. The number of rotatable bonds is 5. The predicted molar refractivity (Wildman–Crippen MR) is 75.2 cm³/mol. The molecule has 1 heterocycles. The van der Waals surface area contributed by atoms with Gasteiger partial charge >= 0.3 is 0 Å². The van der Waals surface area contributed by atoms with E-state index in [1.807, 2.05) is 25.1 Å². The van der Waals surface area contributed by atoms with E-state index >= 15 is 0 Å². The molecule has 2 N–H and O–H groups in total. The summed E-state index contributed by atoms with van der Waals surface area (Å²) in [5.74, 6) is 0.855. The molecule has 0 spiro atoms. The summed E-state index contributed by atoms with van der Waals surface area (Å²) in [6.07, 6.45) is 2.62. The predicted octanol–water partition coefficient (Wildman–Crippen LogP) is 2.83. The molecule has 1 atom stereocenters. The van der Waals surface area contributed by atoms with Crippen LogP contribution >= 0.6 is 11.6 Å². The lowest BCUT2D eigenvalue weighted by Gasteiger charge is -2.17. The summed E-state index contributed by atoms with van der Waals surface area (Å²) in [6.45, 7) is 6.04. The van der Waals surface area contributed by atoms with Crippen LogP contribution in [0.3, 0.4) is 0 Å². The van der Waals surface area contributed by atoms with E-state index in [4.69, 9.17) is 22.1 Å². The van der Waals surface area contributed by atoms with Crippen molar-refractivity contribution < 1.29 is 4.74 Å². The second-order valence-corrected chi connectivity index (χ2v) is 5.30. The van der Waals surface area contributed by atoms with E-state index < -0.39 is 0 Å². The number of hydrogen-bond donors (Lipinski definition) is 1. The Morgan fingerprint density at radius 1 is 1.39 bits per heavy atom. The van der Waals surface area contributed by atoms with E-state index in [9.17, 15) is 0 Å². The second kappa shape index (κ2) is 6.41. The van der Waals surface area contributed by atoms with E-state index in [2.05, 4.69) is 4.90 Å². The summed E-state index contributed by atoms with van der Waals surface area (Å²) in [4.78, 5) is 2.43. The van der Waals surface area contributed by atoms with Gasteiger partial charge in [-0.15, -0.1) is 0 Å². The topological polar surface area (TPSA) is 38.5 Å². The van der Waals surface area contributed by atoms with Crippen LogP contribution in [0.2, 0.25) is 5.02 Å². The summed E-state index contributed by atoms with van der Waals surface area (Å²) in [7, 11) is 0. The third kappa shape index (κ3) is 3.61. The Balaban J connectivity index is 1.91. The van der Waals surface area contributed by atoms with E-state index in [1.165, 1.54) is 25.9 Å². The smallest absolute Gasteiger partial charge is 0.124 e. The van der Waals surface area contributed by atoms with Crippen molar-refractivity contribution in [3.63, 3.8) is 0 Å². The van der Waals surface area contributed by atoms with Gasteiger partial charge < -0.3 is 10.5 Å². The Morgan fingerprint density at radius 2 is 2.11 bits per heavy atom. The van der Waals surface area contributed by atoms with Crippen LogP contribution in [0.4, 0.5) is 0 Å². The Hall–Kier alpha value is -0.770. The van der Waals surface area contributed by atoms with Gasteiger partial charge in [-0.1, -0.05) is 11.6 Å². The Kier molecular flexibility index (Phi) is 4.87. The molecule has 0 radical (unpaired) electrons. The van der Waals surface area contributed by atoms with Crippen LogP contribution in [-0.2, 0) is 0 Å². The fraction of sp³-hybridized carbons (Fsp3) is 0.571. The molecule has 0 aromatic heterocycles. The fourth-order valence-corrected chi connectivity index (χ4v) is 2.48. The van der Waals surface area contributed by atoms with Crippen LogP contribution in [0.15, 0.2) is 18.2 Å². The molecule has 0 bridgehead atoms. The molecule has 1 aromatic rings. The van der Waals surface area contributed by atoms with Crippen molar-refractivity contribution in [3.05, 3.63) is 28.8 Å². The van der Waals surface area contributed by atoms with Crippen molar-refractivity contribution >= 4 is 11.6 Å². The molecule has 1 aromatic carbocycles. The first-order chi connectivity index (χ1) is 8.66. The van der Waals surface area contributed by atoms with Crippen LogP contribution in [-0.4, -0.2) is 31.1 Å². The van der Waals surface area contributed by atoms with Crippen LogP contribution < -0.4 is 10.5 Å². The van der Waals surface area contributed by atoms with Crippen molar-refractivity contribution in [2.45, 2.75) is 25.8 Å². The maximum atomic E-state index is 5.98. The molecule has 0 amide bonds. The average molecular weight is 269 g/mol. The molecule has 0 unspecified atom stereocenters. The standard InChI is InChI=1S/C14H21ClN2O/c1-11(16)13-10-12(15)4-5-14(13)18-9-8-17-6-2-3-7-17/h4-5,10-11H,2-3,6-9,16H2,1H3/t11-/m1/s1. The molecule has 0 saturated carbocycles. The number of nitrogens with two attached hydrogens (primary N) is 1. The summed E-state index contributed by atoms with van der Waals surface area (Å²) in [6, 6.07) is 5.58. The Labute approximate surface area is 114 Å². The van der Waals surface area contributed by atoms with Crippen molar-refractivity contribution in [2.24, 2.45) is 5.73 Å².